The molecule has 1 amide bonds. The summed E-state index contributed by atoms with van der Waals surface area (Å²) >= 11 is 0. The van der Waals surface area contributed by atoms with Gasteiger partial charge in [-0.1, -0.05) is 30.3 Å². The summed E-state index contributed by atoms with van der Waals surface area (Å²) in [5.41, 5.74) is 1.27. The van der Waals surface area contributed by atoms with E-state index in [-0.39, 0.29) is 17.9 Å². The average molecular weight is 392 g/mol. The zero-order valence-electron chi connectivity index (χ0n) is 14.7. The number of nitrogens with one attached hydrogen (secondary N) is 1. The highest BCUT2D eigenvalue weighted by Gasteiger charge is 2.17. The van der Waals surface area contributed by atoms with Crippen molar-refractivity contribution in [2.75, 3.05) is 31.0 Å². The third-order valence-corrected chi connectivity index (χ3v) is 5.49. The lowest BCUT2D eigenvalue weighted by Crippen LogP contribution is -2.41. The normalized spacial score (nSPS) is 14.8. The fraction of sp³-hybridized carbons (Fsp3) is 0.316. The summed E-state index contributed by atoms with van der Waals surface area (Å²) in [6, 6.07) is 12.4. The molecule has 0 spiro atoms. The summed E-state index contributed by atoms with van der Waals surface area (Å²) < 4.78 is 45.8. The van der Waals surface area contributed by atoms with Crippen LogP contribution in [0.5, 0.6) is 0 Å². The van der Waals surface area contributed by atoms with Crippen LogP contribution in [0, 0.1) is 5.82 Å². The fourth-order valence-corrected chi connectivity index (χ4v) is 4.04. The van der Waals surface area contributed by atoms with Crippen molar-refractivity contribution in [2.45, 2.75) is 12.2 Å². The van der Waals surface area contributed by atoms with Crippen molar-refractivity contribution in [3.05, 3.63) is 65.5 Å². The molecule has 27 heavy (non-hydrogen) atoms. The average Bonchev–Trinajstić information content (AvgIpc) is 2.65. The van der Waals surface area contributed by atoms with Crippen LogP contribution in [0.25, 0.3) is 0 Å². The summed E-state index contributed by atoms with van der Waals surface area (Å²) in [6.07, 6.45) is 0.252. The molecule has 0 atom stereocenters. The number of hydrogen-bond acceptors (Lipinski definition) is 4. The first-order valence-electron chi connectivity index (χ1n) is 8.61. The van der Waals surface area contributed by atoms with E-state index >= 15 is 0 Å². The third kappa shape index (κ3) is 5.51. The molecule has 2 aromatic rings. The first-order valence-corrected chi connectivity index (χ1v) is 10.3. The molecular formula is C19H21FN2O4S. The number of rotatable bonds is 6. The van der Waals surface area contributed by atoms with Gasteiger partial charge in [0.05, 0.1) is 25.4 Å². The van der Waals surface area contributed by atoms with Crippen LogP contribution in [0.4, 0.5) is 10.1 Å². The Bertz CT molecular complexity index is 894. The van der Waals surface area contributed by atoms with Crippen molar-refractivity contribution in [3.63, 3.8) is 0 Å². The summed E-state index contributed by atoms with van der Waals surface area (Å²) in [5.74, 6) is -0.984. The Morgan fingerprint density at radius 2 is 1.74 bits per heavy atom. The molecule has 1 aliphatic rings. The molecule has 0 bridgehead atoms. The van der Waals surface area contributed by atoms with Crippen molar-refractivity contribution < 1.29 is 22.3 Å². The molecule has 1 fully saturated rings. The van der Waals surface area contributed by atoms with Gasteiger partial charge in [-0.15, -0.1) is 0 Å². The van der Waals surface area contributed by atoms with E-state index in [0.29, 0.717) is 32.0 Å². The Morgan fingerprint density at radius 1 is 1.07 bits per heavy atom. The van der Waals surface area contributed by atoms with Gasteiger partial charge in [0.25, 0.3) is 0 Å². The SMILES string of the molecule is O=C(Cc1ccc(NS(=O)(=O)Cc2ccccc2F)cc1)N1CCOCC1. The van der Waals surface area contributed by atoms with Crippen LogP contribution in [0.3, 0.4) is 0 Å². The first-order chi connectivity index (χ1) is 12.9. The molecule has 0 unspecified atom stereocenters. The van der Waals surface area contributed by atoms with Crippen molar-refractivity contribution in [2.24, 2.45) is 0 Å². The highest BCUT2D eigenvalue weighted by atomic mass is 32.2. The molecule has 8 heteroatoms. The number of hydrogen-bond donors (Lipinski definition) is 1. The third-order valence-electron chi connectivity index (χ3n) is 4.25. The summed E-state index contributed by atoms with van der Waals surface area (Å²) in [5, 5.41) is 0. The van der Waals surface area contributed by atoms with Crippen LogP contribution in [0.2, 0.25) is 0 Å². The molecule has 0 radical (unpaired) electrons. The number of anilines is 1. The number of amides is 1. The topological polar surface area (TPSA) is 75.7 Å². The van der Waals surface area contributed by atoms with E-state index in [9.17, 15) is 17.6 Å². The largest absolute Gasteiger partial charge is 0.378 e. The number of benzene rings is 2. The van der Waals surface area contributed by atoms with Gasteiger partial charge >= 0.3 is 0 Å². The van der Waals surface area contributed by atoms with Gasteiger partial charge in [0.2, 0.25) is 15.9 Å². The molecule has 0 saturated carbocycles. The van der Waals surface area contributed by atoms with Gasteiger partial charge < -0.3 is 9.64 Å². The minimum Gasteiger partial charge on any atom is -0.378 e. The van der Waals surface area contributed by atoms with Gasteiger partial charge in [-0.3, -0.25) is 9.52 Å². The maximum Gasteiger partial charge on any atom is 0.237 e. The van der Waals surface area contributed by atoms with Crippen LogP contribution in [0.15, 0.2) is 48.5 Å². The molecule has 1 saturated heterocycles. The predicted molar refractivity (Wildman–Crippen MR) is 100 cm³/mol. The van der Waals surface area contributed by atoms with Gasteiger partial charge in [0, 0.05) is 24.3 Å². The standard InChI is InChI=1S/C19H21FN2O4S/c20-18-4-2-1-3-16(18)14-27(24,25)21-17-7-5-15(6-8-17)13-19(23)22-9-11-26-12-10-22/h1-8,21H,9-14H2. The van der Waals surface area contributed by atoms with E-state index < -0.39 is 21.6 Å². The lowest BCUT2D eigenvalue weighted by atomic mass is 10.1. The molecule has 3 rings (SSSR count). The van der Waals surface area contributed by atoms with E-state index in [1.807, 2.05) is 0 Å². The maximum absolute atomic E-state index is 13.7. The molecule has 1 N–H and O–H groups in total. The number of nitrogens with zero attached hydrogens (tertiary/aromatic N) is 1. The molecule has 1 heterocycles. The quantitative estimate of drug-likeness (QED) is 0.818. The molecule has 1 aliphatic heterocycles. The summed E-state index contributed by atoms with van der Waals surface area (Å²) in [4.78, 5) is 14.0. The van der Waals surface area contributed by atoms with E-state index in [1.165, 1.54) is 18.2 Å². The lowest BCUT2D eigenvalue weighted by Gasteiger charge is -2.26. The van der Waals surface area contributed by atoms with Gasteiger partial charge in [0.1, 0.15) is 5.82 Å². The highest BCUT2D eigenvalue weighted by Crippen LogP contribution is 2.16. The smallest absolute Gasteiger partial charge is 0.237 e. The van der Waals surface area contributed by atoms with Crippen LogP contribution >= 0.6 is 0 Å². The van der Waals surface area contributed by atoms with Crippen molar-refractivity contribution in [3.8, 4) is 0 Å². The Balaban J connectivity index is 1.59. The second kappa shape index (κ2) is 8.49. The Hall–Kier alpha value is -2.45. The number of sulfonamides is 1. The second-order valence-corrected chi connectivity index (χ2v) is 8.04. The second-order valence-electron chi connectivity index (χ2n) is 6.32. The molecule has 0 aromatic heterocycles. The zero-order chi connectivity index (χ0) is 19.3. The monoisotopic (exact) mass is 392 g/mol. The van der Waals surface area contributed by atoms with Gasteiger partial charge in [-0.05, 0) is 23.8 Å². The fourth-order valence-electron chi connectivity index (χ4n) is 2.83. The Morgan fingerprint density at radius 3 is 2.41 bits per heavy atom. The minimum absolute atomic E-state index is 0.0196. The van der Waals surface area contributed by atoms with E-state index in [1.54, 1.807) is 35.2 Å². The molecule has 6 nitrogen and oxygen atoms in total. The van der Waals surface area contributed by atoms with Crippen molar-refractivity contribution >= 4 is 21.6 Å². The minimum atomic E-state index is -3.74. The Labute approximate surface area is 158 Å². The molecule has 2 aromatic carbocycles. The van der Waals surface area contributed by atoms with Gasteiger partial charge in [0.15, 0.2) is 0 Å². The van der Waals surface area contributed by atoms with E-state index in [4.69, 9.17) is 4.74 Å². The predicted octanol–water partition coefficient (Wildman–Crippen LogP) is 2.17. The summed E-state index contributed by atoms with van der Waals surface area (Å²) in [7, 11) is -3.74. The molecular weight excluding hydrogens is 371 g/mol. The maximum atomic E-state index is 13.7. The number of ether oxygens (including phenoxy) is 1. The summed E-state index contributed by atoms with van der Waals surface area (Å²) in [6.45, 7) is 2.28. The van der Waals surface area contributed by atoms with E-state index in [0.717, 1.165) is 5.56 Å². The van der Waals surface area contributed by atoms with Crippen LogP contribution in [-0.4, -0.2) is 45.5 Å². The number of halogens is 1. The van der Waals surface area contributed by atoms with Crippen LogP contribution in [0.1, 0.15) is 11.1 Å². The van der Waals surface area contributed by atoms with Crippen LogP contribution < -0.4 is 4.72 Å². The van der Waals surface area contributed by atoms with Gasteiger partial charge in [-0.25, -0.2) is 12.8 Å². The molecule has 144 valence electrons. The number of morpholine rings is 1. The zero-order valence-corrected chi connectivity index (χ0v) is 15.5. The Kier molecular flexibility index (Phi) is 6.08. The van der Waals surface area contributed by atoms with Gasteiger partial charge in [-0.2, -0.15) is 0 Å². The first kappa shape index (κ1) is 19.3. The van der Waals surface area contributed by atoms with Crippen LogP contribution in [-0.2, 0) is 31.7 Å². The van der Waals surface area contributed by atoms with E-state index in [2.05, 4.69) is 4.72 Å². The lowest BCUT2D eigenvalue weighted by molar-refractivity contribution is -0.134. The molecule has 0 aliphatic carbocycles. The highest BCUT2D eigenvalue weighted by molar-refractivity contribution is 7.91. The number of carbonyl (C=O) groups is 1. The van der Waals surface area contributed by atoms with Crippen molar-refractivity contribution in [1.29, 1.82) is 0 Å². The number of carbonyl (C=O) groups excluding carboxylic acids is 1. The van der Waals surface area contributed by atoms with Crippen molar-refractivity contribution in [1.82, 2.24) is 4.90 Å².